The van der Waals surface area contributed by atoms with Crippen molar-refractivity contribution in [3.8, 4) is 6.07 Å². The van der Waals surface area contributed by atoms with E-state index >= 15 is 4.39 Å². The van der Waals surface area contributed by atoms with Crippen molar-refractivity contribution in [3.63, 3.8) is 0 Å². The maximum absolute atomic E-state index is 15.4. The van der Waals surface area contributed by atoms with Crippen LogP contribution in [0.25, 0.3) is 0 Å². The van der Waals surface area contributed by atoms with E-state index in [1.54, 1.807) is 17.0 Å². The molecule has 2 amide bonds. The number of carbonyl (C=O) groups excluding carboxylic acids is 2. The summed E-state index contributed by atoms with van der Waals surface area (Å²) >= 11 is 0. The normalized spacial score (nSPS) is 20.2. The van der Waals surface area contributed by atoms with E-state index < -0.39 is 52.4 Å². The Morgan fingerprint density at radius 3 is 2.57 bits per heavy atom. The van der Waals surface area contributed by atoms with Crippen molar-refractivity contribution < 1.29 is 36.6 Å². The number of amides is 2. The van der Waals surface area contributed by atoms with E-state index in [2.05, 4.69) is 15.2 Å². The van der Waals surface area contributed by atoms with Gasteiger partial charge in [0.05, 0.1) is 36.6 Å². The maximum atomic E-state index is 15.4. The van der Waals surface area contributed by atoms with Crippen LogP contribution in [0.5, 0.6) is 0 Å². The molecule has 1 N–H and O–H groups in total. The van der Waals surface area contributed by atoms with Gasteiger partial charge in [0.25, 0.3) is 0 Å². The van der Waals surface area contributed by atoms with Gasteiger partial charge < -0.3 is 29.5 Å². The number of alkyl halides is 3. The number of halogens is 4. The lowest BCUT2D eigenvalue weighted by atomic mass is 9.92. The largest absolute Gasteiger partial charge is 0.444 e. The molecular formula is C32H39F4N7O4. The highest BCUT2D eigenvalue weighted by Gasteiger charge is 2.50. The van der Waals surface area contributed by atoms with Crippen LogP contribution in [-0.2, 0) is 20.4 Å². The van der Waals surface area contributed by atoms with Gasteiger partial charge in [-0.1, -0.05) is 6.07 Å². The molecule has 254 valence electrons. The van der Waals surface area contributed by atoms with Crippen molar-refractivity contribution in [2.75, 3.05) is 74.6 Å². The molecule has 2 aromatic rings. The van der Waals surface area contributed by atoms with Gasteiger partial charge in [-0.25, -0.2) is 14.2 Å². The van der Waals surface area contributed by atoms with E-state index in [0.29, 0.717) is 51.6 Å². The molecule has 2 saturated heterocycles. The molecule has 3 aliphatic rings. The van der Waals surface area contributed by atoms with Gasteiger partial charge in [0.15, 0.2) is 0 Å². The molecule has 15 heteroatoms. The van der Waals surface area contributed by atoms with E-state index in [1.807, 2.05) is 25.7 Å². The van der Waals surface area contributed by atoms with Crippen molar-refractivity contribution in [1.82, 2.24) is 14.8 Å². The molecule has 0 radical (unpaired) electrons. The van der Waals surface area contributed by atoms with E-state index in [1.165, 1.54) is 31.0 Å². The monoisotopic (exact) mass is 661 g/mol. The van der Waals surface area contributed by atoms with Gasteiger partial charge in [-0.05, 0) is 52.3 Å². The fourth-order valence-electron chi connectivity index (χ4n) is 6.27. The lowest BCUT2D eigenvalue weighted by Crippen LogP contribution is -2.71. The number of fused-ring (bicyclic) bond motifs is 1. The zero-order chi connectivity index (χ0) is 34.3. The van der Waals surface area contributed by atoms with Crippen LogP contribution in [0.3, 0.4) is 0 Å². The summed E-state index contributed by atoms with van der Waals surface area (Å²) in [7, 11) is 1.48. The fourth-order valence-corrected chi connectivity index (χ4v) is 6.27. The topological polar surface area (TPSA) is 114 Å². The molecule has 5 rings (SSSR count). The SMILES string of the molecule is Cc1cc(C(F)(F)F)c(C#N)c(N[C@H]2CCN(CCN3CCOC4(C3)CN(C(=O)OC(C)(C)C)C4)c3c(F)cccc3N(C)C2=O)n1. The second-order valence-corrected chi connectivity index (χ2v) is 13.3. The van der Waals surface area contributed by atoms with Crippen LogP contribution < -0.4 is 15.1 Å². The van der Waals surface area contributed by atoms with Crippen LogP contribution in [0.2, 0.25) is 0 Å². The van der Waals surface area contributed by atoms with Gasteiger partial charge in [0, 0.05) is 45.5 Å². The lowest BCUT2D eigenvalue weighted by molar-refractivity contribution is -0.177. The fraction of sp³-hybridized carbons (Fsp3) is 0.562. The average Bonchev–Trinajstić information content (AvgIpc) is 2.96. The summed E-state index contributed by atoms with van der Waals surface area (Å²) in [5.74, 6) is -1.36. The Morgan fingerprint density at radius 1 is 1.19 bits per heavy atom. The summed E-state index contributed by atoms with van der Waals surface area (Å²) in [6, 6.07) is 5.76. The summed E-state index contributed by atoms with van der Waals surface area (Å²) in [5, 5.41) is 12.4. The molecule has 1 spiro atoms. The van der Waals surface area contributed by atoms with Crippen LogP contribution in [0.4, 0.5) is 39.5 Å². The number of likely N-dealkylation sites (N-methyl/N-ethyl adjacent to an activating group) is 1. The number of aryl methyl sites for hydroxylation is 1. The van der Waals surface area contributed by atoms with Crippen molar-refractivity contribution >= 4 is 29.2 Å². The van der Waals surface area contributed by atoms with Gasteiger partial charge in [0.2, 0.25) is 5.91 Å². The minimum atomic E-state index is -4.80. The number of carbonyl (C=O) groups is 2. The van der Waals surface area contributed by atoms with Gasteiger partial charge in [-0.2, -0.15) is 18.4 Å². The van der Waals surface area contributed by atoms with Crippen LogP contribution >= 0.6 is 0 Å². The Kier molecular flexibility index (Phi) is 9.31. The number of nitrogens with zero attached hydrogens (tertiary/aromatic N) is 6. The number of morpholine rings is 1. The molecule has 0 aliphatic carbocycles. The smallest absolute Gasteiger partial charge is 0.417 e. The first-order chi connectivity index (χ1) is 22.0. The van der Waals surface area contributed by atoms with E-state index in [-0.39, 0.29) is 30.2 Å². The number of hydrogen-bond donors (Lipinski definition) is 1. The molecule has 4 heterocycles. The van der Waals surface area contributed by atoms with Crippen molar-refractivity contribution in [1.29, 1.82) is 5.26 Å². The zero-order valence-electron chi connectivity index (χ0n) is 27.1. The molecule has 47 heavy (non-hydrogen) atoms. The molecule has 0 saturated carbocycles. The Labute approximate surface area is 271 Å². The summed E-state index contributed by atoms with van der Waals surface area (Å²) in [5.41, 5.74) is -2.39. The molecule has 0 bridgehead atoms. The third kappa shape index (κ3) is 7.38. The number of nitrogens with one attached hydrogen (secondary N) is 1. The van der Waals surface area contributed by atoms with Crippen molar-refractivity contribution in [3.05, 3.63) is 46.9 Å². The highest BCUT2D eigenvalue weighted by atomic mass is 19.4. The lowest BCUT2D eigenvalue weighted by Gasteiger charge is -2.53. The average molecular weight is 662 g/mol. The Hall–Kier alpha value is -4.16. The molecule has 11 nitrogen and oxygen atoms in total. The Balaban J connectivity index is 1.33. The minimum absolute atomic E-state index is 0.0310. The highest BCUT2D eigenvalue weighted by Crippen LogP contribution is 2.37. The molecule has 3 aliphatic heterocycles. The maximum Gasteiger partial charge on any atom is 0.417 e. The number of nitriles is 1. The van der Waals surface area contributed by atoms with E-state index in [9.17, 15) is 28.0 Å². The Morgan fingerprint density at radius 2 is 1.91 bits per heavy atom. The third-order valence-corrected chi connectivity index (χ3v) is 8.46. The van der Waals surface area contributed by atoms with Crippen LogP contribution in [-0.4, -0.2) is 103 Å². The molecular weight excluding hydrogens is 622 g/mol. The highest BCUT2D eigenvalue weighted by molar-refractivity contribution is 6.01. The summed E-state index contributed by atoms with van der Waals surface area (Å²) < 4.78 is 68.2. The van der Waals surface area contributed by atoms with Gasteiger partial charge in [-0.15, -0.1) is 0 Å². The second-order valence-electron chi connectivity index (χ2n) is 13.3. The van der Waals surface area contributed by atoms with Gasteiger partial charge >= 0.3 is 12.3 Å². The number of anilines is 3. The number of likely N-dealkylation sites (tertiary alicyclic amines) is 1. The third-order valence-electron chi connectivity index (χ3n) is 8.46. The number of ether oxygens (including phenoxy) is 2. The predicted molar refractivity (Wildman–Crippen MR) is 166 cm³/mol. The van der Waals surface area contributed by atoms with Gasteiger partial charge in [0.1, 0.15) is 40.5 Å². The van der Waals surface area contributed by atoms with E-state index in [4.69, 9.17) is 9.47 Å². The minimum Gasteiger partial charge on any atom is -0.444 e. The second kappa shape index (κ2) is 12.8. The quantitative estimate of drug-likeness (QED) is 0.466. The predicted octanol–water partition coefficient (Wildman–Crippen LogP) is 4.39. The standard InChI is InChI=1S/C32H39F4N7O4/c1-20-15-22(32(34,35)36)21(16-37)27(38-20)39-24-9-10-42(26-23(33)7-6-8-25(26)40(5)28(24)44)12-11-41-13-14-46-31(17-41)18-43(19-31)29(45)47-30(2,3)4/h6-8,15,24H,9-14,17-19H2,1-5H3,(H,38,39)/t24-/m0/s1. The van der Waals surface area contributed by atoms with Crippen LogP contribution in [0.1, 0.15) is 44.0 Å². The molecule has 1 atom stereocenters. The number of aromatic nitrogens is 1. The van der Waals surface area contributed by atoms with Crippen molar-refractivity contribution in [2.45, 2.75) is 57.5 Å². The summed E-state index contributed by atoms with van der Waals surface area (Å²) in [4.78, 5) is 37.2. The van der Waals surface area contributed by atoms with E-state index in [0.717, 1.165) is 6.07 Å². The van der Waals surface area contributed by atoms with Crippen molar-refractivity contribution in [2.24, 2.45) is 0 Å². The molecule has 1 aromatic carbocycles. The summed E-state index contributed by atoms with van der Waals surface area (Å²) in [6.45, 7) is 10.3. The molecule has 2 fully saturated rings. The van der Waals surface area contributed by atoms with Gasteiger partial charge in [-0.3, -0.25) is 9.69 Å². The first-order valence-corrected chi connectivity index (χ1v) is 15.4. The van der Waals surface area contributed by atoms with Crippen LogP contribution in [0, 0.1) is 24.1 Å². The Bertz CT molecular complexity index is 1570. The number of hydrogen-bond acceptors (Lipinski definition) is 9. The molecule has 0 unspecified atom stereocenters. The summed E-state index contributed by atoms with van der Waals surface area (Å²) in [6.07, 6.45) is -5.09. The first-order valence-electron chi connectivity index (χ1n) is 15.4. The first kappa shape index (κ1) is 34.2. The zero-order valence-corrected chi connectivity index (χ0v) is 27.1. The number of para-hydroxylation sites is 1. The van der Waals surface area contributed by atoms with Crippen LogP contribution in [0.15, 0.2) is 24.3 Å². The molecule has 1 aromatic heterocycles. The number of rotatable bonds is 5. The number of benzene rings is 1. The number of pyridine rings is 1.